The highest BCUT2D eigenvalue weighted by Crippen LogP contribution is 2.16. The number of carbonyl (C=O) groups is 1. The molecule has 3 aromatic rings. The molecule has 140 valence electrons. The van der Waals surface area contributed by atoms with Gasteiger partial charge in [-0.3, -0.25) is 4.79 Å². The molecular formula is C18H18ClN5O3. The van der Waals surface area contributed by atoms with Gasteiger partial charge >= 0.3 is 5.69 Å². The van der Waals surface area contributed by atoms with Crippen molar-refractivity contribution >= 4 is 17.5 Å². The maximum Gasteiger partial charge on any atom is 0.369 e. The van der Waals surface area contributed by atoms with E-state index in [9.17, 15) is 9.59 Å². The van der Waals surface area contributed by atoms with Crippen molar-refractivity contribution in [2.45, 2.75) is 13.5 Å². The predicted octanol–water partition coefficient (Wildman–Crippen LogP) is 1.59. The Morgan fingerprint density at radius 3 is 2.78 bits per heavy atom. The minimum absolute atomic E-state index is 0.242. The lowest BCUT2D eigenvalue weighted by atomic mass is 10.2. The van der Waals surface area contributed by atoms with Crippen molar-refractivity contribution in [1.82, 2.24) is 25.1 Å². The third-order valence-corrected chi connectivity index (χ3v) is 4.02. The van der Waals surface area contributed by atoms with E-state index in [4.69, 9.17) is 16.3 Å². The summed E-state index contributed by atoms with van der Waals surface area (Å²) in [5.41, 5.74) is 0.953. The fourth-order valence-electron chi connectivity index (χ4n) is 2.40. The highest BCUT2D eigenvalue weighted by atomic mass is 35.5. The lowest BCUT2D eigenvalue weighted by molar-refractivity contribution is -0.122. The van der Waals surface area contributed by atoms with E-state index in [0.29, 0.717) is 23.9 Å². The number of nitrogens with zero attached hydrogens (tertiary/aromatic N) is 4. The first-order valence-electron chi connectivity index (χ1n) is 8.28. The van der Waals surface area contributed by atoms with Gasteiger partial charge in [-0.15, -0.1) is 0 Å². The molecule has 8 nitrogen and oxygen atoms in total. The zero-order valence-electron chi connectivity index (χ0n) is 14.6. The summed E-state index contributed by atoms with van der Waals surface area (Å²) in [6.45, 7) is 2.35. The molecule has 0 saturated carbocycles. The normalized spacial score (nSPS) is 10.6. The number of rotatable bonds is 7. The minimum Gasteiger partial charge on any atom is -0.492 e. The van der Waals surface area contributed by atoms with Crippen LogP contribution in [-0.4, -0.2) is 38.8 Å². The van der Waals surface area contributed by atoms with Gasteiger partial charge in [0.25, 0.3) is 0 Å². The molecule has 0 aliphatic rings. The van der Waals surface area contributed by atoms with Crippen LogP contribution in [0.1, 0.15) is 5.56 Å². The topological polar surface area (TPSA) is 91.0 Å². The van der Waals surface area contributed by atoms with Crippen LogP contribution in [0.3, 0.4) is 0 Å². The first kappa shape index (κ1) is 18.7. The Kier molecular flexibility index (Phi) is 5.87. The van der Waals surface area contributed by atoms with Crippen LogP contribution in [0.15, 0.2) is 53.3 Å². The molecule has 0 radical (unpaired) electrons. The highest BCUT2D eigenvalue weighted by molar-refractivity contribution is 6.32. The number of nitrogens with one attached hydrogen (secondary N) is 1. The number of ether oxygens (including phenoxy) is 1. The zero-order chi connectivity index (χ0) is 19.2. The number of tetrazole rings is 1. The summed E-state index contributed by atoms with van der Waals surface area (Å²) in [4.78, 5) is 24.4. The van der Waals surface area contributed by atoms with Crippen LogP contribution in [0.5, 0.6) is 5.75 Å². The smallest absolute Gasteiger partial charge is 0.369 e. The van der Waals surface area contributed by atoms with Crippen molar-refractivity contribution in [1.29, 1.82) is 0 Å². The van der Waals surface area contributed by atoms with Crippen molar-refractivity contribution in [3.8, 4) is 11.4 Å². The number of hydrogen-bond donors (Lipinski definition) is 1. The molecule has 27 heavy (non-hydrogen) atoms. The van der Waals surface area contributed by atoms with Gasteiger partial charge < -0.3 is 10.1 Å². The quantitative estimate of drug-likeness (QED) is 0.621. The summed E-state index contributed by atoms with van der Waals surface area (Å²) in [5, 5.41) is 10.5. The van der Waals surface area contributed by atoms with Gasteiger partial charge in [-0.2, -0.15) is 9.36 Å². The molecule has 1 aromatic heterocycles. The van der Waals surface area contributed by atoms with E-state index in [1.54, 1.807) is 24.3 Å². The van der Waals surface area contributed by atoms with Crippen LogP contribution in [0.4, 0.5) is 0 Å². The molecular weight excluding hydrogens is 370 g/mol. The van der Waals surface area contributed by atoms with E-state index >= 15 is 0 Å². The molecule has 0 fully saturated rings. The Morgan fingerprint density at radius 1 is 1.19 bits per heavy atom. The van der Waals surface area contributed by atoms with Crippen LogP contribution in [0, 0.1) is 6.92 Å². The number of benzene rings is 2. The molecule has 2 aromatic carbocycles. The molecule has 9 heteroatoms. The van der Waals surface area contributed by atoms with Crippen molar-refractivity contribution in [2.24, 2.45) is 0 Å². The second-order valence-electron chi connectivity index (χ2n) is 5.80. The number of aromatic nitrogens is 4. The van der Waals surface area contributed by atoms with Crippen molar-refractivity contribution in [3.05, 3.63) is 69.6 Å². The number of halogens is 1. The van der Waals surface area contributed by atoms with E-state index in [1.807, 2.05) is 31.2 Å². The average Bonchev–Trinajstić information content (AvgIpc) is 3.00. The van der Waals surface area contributed by atoms with Crippen molar-refractivity contribution in [3.63, 3.8) is 0 Å². The molecule has 0 aliphatic heterocycles. The van der Waals surface area contributed by atoms with E-state index in [2.05, 4.69) is 15.7 Å². The number of amides is 1. The maximum absolute atomic E-state index is 12.3. The zero-order valence-corrected chi connectivity index (χ0v) is 15.4. The highest BCUT2D eigenvalue weighted by Gasteiger charge is 2.13. The van der Waals surface area contributed by atoms with E-state index < -0.39 is 5.69 Å². The molecule has 0 aliphatic carbocycles. The second kappa shape index (κ2) is 8.50. The standard InChI is InChI=1S/C18H18ClN5O3/c1-13-5-4-6-14(11-13)27-10-9-20-17(25)12-23-18(26)24(22-21-23)16-8-3-2-7-15(16)19/h2-8,11H,9-10,12H2,1H3,(H,20,25). The fourth-order valence-corrected chi connectivity index (χ4v) is 2.62. The summed E-state index contributed by atoms with van der Waals surface area (Å²) in [6, 6.07) is 14.4. The van der Waals surface area contributed by atoms with Crippen LogP contribution < -0.4 is 15.7 Å². The SMILES string of the molecule is Cc1cccc(OCCNC(=O)Cn2nnn(-c3ccccc3Cl)c2=O)c1. The Labute approximate surface area is 160 Å². The van der Waals surface area contributed by atoms with Crippen LogP contribution in [-0.2, 0) is 11.3 Å². The van der Waals surface area contributed by atoms with Gasteiger partial charge in [-0.1, -0.05) is 35.9 Å². The van der Waals surface area contributed by atoms with Gasteiger partial charge in [0.1, 0.15) is 18.9 Å². The van der Waals surface area contributed by atoms with E-state index in [1.165, 1.54) is 0 Å². The molecule has 0 bridgehead atoms. The number of aryl methyl sites for hydroxylation is 1. The minimum atomic E-state index is -0.547. The predicted molar refractivity (Wildman–Crippen MR) is 100 cm³/mol. The van der Waals surface area contributed by atoms with Crippen LogP contribution in [0.2, 0.25) is 5.02 Å². The molecule has 0 spiro atoms. The maximum atomic E-state index is 12.3. The molecule has 0 atom stereocenters. The first-order chi connectivity index (χ1) is 13.0. The Balaban J connectivity index is 1.53. The monoisotopic (exact) mass is 387 g/mol. The third-order valence-electron chi connectivity index (χ3n) is 3.70. The van der Waals surface area contributed by atoms with Gasteiger partial charge in [0.15, 0.2) is 0 Å². The summed E-state index contributed by atoms with van der Waals surface area (Å²) >= 11 is 6.06. The summed E-state index contributed by atoms with van der Waals surface area (Å²) in [5.74, 6) is 0.374. The molecule has 0 unspecified atom stereocenters. The molecule has 0 saturated heterocycles. The number of carbonyl (C=O) groups excluding carboxylic acids is 1. The van der Waals surface area contributed by atoms with Crippen molar-refractivity contribution < 1.29 is 9.53 Å². The molecule has 3 rings (SSSR count). The van der Waals surface area contributed by atoms with Gasteiger partial charge in [0.05, 0.1) is 17.3 Å². The summed E-state index contributed by atoms with van der Waals surface area (Å²) in [6.07, 6.45) is 0. The van der Waals surface area contributed by atoms with Gasteiger partial charge in [-0.05, 0) is 47.2 Å². The van der Waals surface area contributed by atoms with Crippen LogP contribution in [0.25, 0.3) is 5.69 Å². The summed E-state index contributed by atoms with van der Waals surface area (Å²) in [7, 11) is 0. The largest absolute Gasteiger partial charge is 0.492 e. The fraction of sp³-hybridized carbons (Fsp3) is 0.222. The lowest BCUT2D eigenvalue weighted by Gasteiger charge is -2.08. The molecule has 1 N–H and O–H groups in total. The summed E-state index contributed by atoms with van der Waals surface area (Å²) < 4.78 is 7.58. The van der Waals surface area contributed by atoms with Gasteiger partial charge in [0.2, 0.25) is 5.91 Å². The first-order valence-corrected chi connectivity index (χ1v) is 8.66. The second-order valence-corrected chi connectivity index (χ2v) is 6.20. The lowest BCUT2D eigenvalue weighted by Crippen LogP contribution is -2.35. The van der Waals surface area contributed by atoms with Gasteiger partial charge in [-0.25, -0.2) is 4.79 Å². The number of para-hydroxylation sites is 1. The van der Waals surface area contributed by atoms with Gasteiger partial charge in [0, 0.05) is 0 Å². The van der Waals surface area contributed by atoms with Crippen molar-refractivity contribution in [2.75, 3.05) is 13.2 Å². The Bertz CT molecular complexity index is 998. The van der Waals surface area contributed by atoms with E-state index in [0.717, 1.165) is 20.7 Å². The molecule has 1 heterocycles. The van der Waals surface area contributed by atoms with Crippen LogP contribution >= 0.6 is 11.6 Å². The number of hydrogen-bond acceptors (Lipinski definition) is 5. The Hall–Kier alpha value is -3.13. The average molecular weight is 388 g/mol. The molecule has 1 amide bonds. The third kappa shape index (κ3) is 4.73. The van der Waals surface area contributed by atoms with E-state index in [-0.39, 0.29) is 12.5 Å². The Morgan fingerprint density at radius 2 is 2.00 bits per heavy atom.